The fourth-order valence-electron chi connectivity index (χ4n) is 2.33. The number of hydrogen-bond acceptors (Lipinski definition) is 1. The highest BCUT2D eigenvalue weighted by Gasteiger charge is 2.19. The van der Waals surface area contributed by atoms with Gasteiger partial charge in [0.15, 0.2) is 0 Å². The van der Waals surface area contributed by atoms with Gasteiger partial charge in [0, 0.05) is 17.8 Å². The highest BCUT2D eigenvalue weighted by molar-refractivity contribution is 6.18. The average Bonchev–Trinajstić information content (AvgIpc) is 2.48. The summed E-state index contributed by atoms with van der Waals surface area (Å²) in [5.74, 6) is 0.726. The molecule has 0 heterocycles. The van der Waals surface area contributed by atoms with Gasteiger partial charge in [0.2, 0.25) is 5.91 Å². The van der Waals surface area contributed by atoms with Gasteiger partial charge >= 0.3 is 0 Å². The summed E-state index contributed by atoms with van der Waals surface area (Å²) in [5.41, 5.74) is 1.21. The standard InChI is InChI=1S/C17H26ClNO/c1-3-5-11-15(4-2)17(20)19-16(13-18)12-14-9-7-6-8-10-14/h6-10,15-16H,3-5,11-13H2,1-2H3,(H,19,20). The van der Waals surface area contributed by atoms with Crippen molar-refractivity contribution in [2.75, 3.05) is 5.88 Å². The third-order valence-corrected chi connectivity index (χ3v) is 4.00. The molecular weight excluding hydrogens is 270 g/mol. The molecule has 0 aromatic heterocycles. The molecule has 1 aromatic carbocycles. The number of amides is 1. The van der Waals surface area contributed by atoms with E-state index in [1.54, 1.807) is 0 Å². The summed E-state index contributed by atoms with van der Waals surface area (Å²) in [6, 6.07) is 10.2. The summed E-state index contributed by atoms with van der Waals surface area (Å²) in [7, 11) is 0. The smallest absolute Gasteiger partial charge is 0.223 e. The van der Waals surface area contributed by atoms with Gasteiger partial charge in [-0.3, -0.25) is 4.79 Å². The number of carbonyl (C=O) groups excluding carboxylic acids is 1. The Kier molecular flexibility index (Phi) is 8.36. The lowest BCUT2D eigenvalue weighted by atomic mass is 9.97. The van der Waals surface area contributed by atoms with Gasteiger partial charge in [0.05, 0.1) is 0 Å². The first-order valence-electron chi connectivity index (χ1n) is 7.61. The molecule has 0 saturated heterocycles. The number of alkyl halides is 1. The SMILES string of the molecule is CCCCC(CC)C(=O)NC(CCl)Cc1ccccc1. The van der Waals surface area contributed by atoms with Crippen LogP contribution in [0.25, 0.3) is 0 Å². The molecule has 0 saturated carbocycles. The highest BCUT2D eigenvalue weighted by atomic mass is 35.5. The van der Waals surface area contributed by atoms with Crippen LogP contribution < -0.4 is 5.32 Å². The van der Waals surface area contributed by atoms with Crippen LogP contribution in [0.3, 0.4) is 0 Å². The van der Waals surface area contributed by atoms with Crippen molar-refractivity contribution in [3.63, 3.8) is 0 Å². The molecule has 0 radical (unpaired) electrons. The van der Waals surface area contributed by atoms with Crippen LogP contribution in [-0.4, -0.2) is 17.8 Å². The first-order chi connectivity index (χ1) is 9.71. The van der Waals surface area contributed by atoms with E-state index in [-0.39, 0.29) is 17.9 Å². The Labute approximate surface area is 127 Å². The molecule has 0 spiro atoms. The van der Waals surface area contributed by atoms with Gasteiger partial charge in [-0.25, -0.2) is 0 Å². The Balaban J connectivity index is 2.52. The maximum atomic E-state index is 12.3. The first kappa shape index (κ1) is 17.0. The van der Waals surface area contributed by atoms with Crippen molar-refractivity contribution in [1.29, 1.82) is 0 Å². The summed E-state index contributed by atoms with van der Waals surface area (Å²) < 4.78 is 0. The van der Waals surface area contributed by atoms with E-state index < -0.39 is 0 Å². The number of halogens is 1. The Morgan fingerprint density at radius 2 is 1.95 bits per heavy atom. The van der Waals surface area contributed by atoms with Crippen LogP contribution in [0, 0.1) is 5.92 Å². The molecule has 0 aliphatic carbocycles. The first-order valence-corrected chi connectivity index (χ1v) is 8.14. The third kappa shape index (κ3) is 5.96. The second kappa shape index (κ2) is 9.82. The van der Waals surface area contributed by atoms with Crippen LogP contribution in [0.5, 0.6) is 0 Å². The van der Waals surface area contributed by atoms with E-state index in [0.29, 0.717) is 5.88 Å². The zero-order chi connectivity index (χ0) is 14.8. The van der Waals surface area contributed by atoms with Crippen LogP contribution >= 0.6 is 11.6 Å². The minimum atomic E-state index is 0.0160. The van der Waals surface area contributed by atoms with Crippen molar-refractivity contribution in [1.82, 2.24) is 5.32 Å². The molecule has 20 heavy (non-hydrogen) atoms. The zero-order valence-corrected chi connectivity index (χ0v) is 13.3. The van der Waals surface area contributed by atoms with E-state index in [1.807, 2.05) is 18.2 Å². The van der Waals surface area contributed by atoms with Gasteiger partial charge in [-0.05, 0) is 24.8 Å². The van der Waals surface area contributed by atoms with Crippen LogP contribution in [0.1, 0.15) is 45.1 Å². The van der Waals surface area contributed by atoms with Crippen molar-refractivity contribution in [2.24, 2.45) is 5.92 Å². The van der Waals surface area contributed by atoms with Gasteiger partial charge in [-0.1, -0.05) is 57.0 Å². The molecule has 1 aromatic rings. The fraction of sp³-hybridized carbons (Fsp3) is 0.588. The molecule has 2 unspecified atom stereocenters. The predicted octanol–water partition coefficient (Wildman–Crippen LogP) is 4.17. The number of rotatable bonds is 9. The Bertz CT molecular complexity index is 380. The van der Waals surface area contributed by atoms with Gasteiger partial charge < -0.3 is 5.32 Å². The van der Waals surface area contributed by atoms with Crippen molar-refractivity contribution < 1.29 is 4.79 Å². The molecule has 0 fully saturated rings. The van der Waals surface area contributed by atoms with Crippen LogP contribution in [0.4, 0.5) is 0 Å². The number of carbonyl (C=O) groups is 1. The Morgan fingerprint density at radius 1 is 1.25 bits per heavy atom. The van der Waals surface area contributed by atoms with Crippen LogP contribution in [-0.2, 0) is 11.2 Å². The Hall–Kier alpha value is -1.02. The quantitative estimate of drug-likeness (QED) is 0.681. The molecule has 2 atom stereocenters. The lowest BCUT2D eigenvalue weighted by Gasteiger charge is -2.20. The number of nitrogens with one attached hydrogen (secondary N) is 1. The minimum absolute atomic E-state index is 0.0160. The van der Waals surface area contributed by atoms with Crippen molar-refractivity contribution >= 4 is 17.5 Å². The van der Waals surface area contributed by atoms with E-state index in [9.17, 15) is 4.79 Å². The normalized spacial score (nSPS) is 13.8. The van der Waals surface area contributed by atoms with E-state index in [4.69, 9.17) is 11.6 Å². The largest absolute Gasteiger partial charge is 0.352 e. The molecule has 1 N–H and O–H groups in total. The molecule has 3 heteroatoms. The molecule has 1 rings (SSSR count). The summed E-state index contributed by atoms with van der Waals surface area (Å²) >= 11 is 6.00. The molecule has 112 valence electrons. The number of benzene rings is 1. The number of hydrogen-bond donors (Lipinski definition) is 1. The van der Waals surface area contributed by atoms with Gasteiger partial charge in [0.25, 0.3) is 0 Å². The average molecular weight is 296 g/mol. The van der Waals surface area contributed by atoms with E-state index >= 15 is 0 Å². The molecule has 0 bridgehead atoms. The molecule has 2 nitrogen and oxygen atoms in total. The van der Waals surface area contributed by atoms with E-state index in [1.165, 1.54) is 5.56 Å². The fourth-order valence-corrected chi connectivity index (χ4v) is 2.52. The van der Waals surface area contributed by atoms with Gasteiger partial charge in [-0.15, -0.1) is 11.6 Å². The van der Waals surface area contributed by atoms with Crippen molar-refractivity contribution in [2.45, 2.75) is 52.0 Å². The summed E-state index contributed by atoms with van der Waals surface area (Å²) in [5, 5.41) is 3.10. The Morgan fingerprint density at radius 3 is 2.50 bits per heavy atom. The van der Waals surface area contributed by atoms with Crippen molar-refractivity contribution in [3.05, 3.63) is 35.9 Å². The topological polar surface area (TPSA) is 29.1 Å². The monoisotopic (exact) mass is 295 g/mol. The third-order valence-electron chi connectivity index (χ3n) is 3.63. The molecule has 1 amide bonds. The van der Waals surface area contributed by atoms with Crippen LogP contribution in [0.2, 0.25) is 0 Å². The summed E-state index contributed by atoms with van der Waals surface area (Å²) in [6.07, 6.45) is 4.90. The van der Waals surface area contributed by atoms with E-state index in [2.05, 4.69) is 31.3 Å². The lowest BCUT2D eigenvalue weighted by molar-refractivity contribution is -0.125. The summed E-state index contributed by atoms with van der Waals surface area (Å²) in [4.78, 5) is 12.3. The number of unbranched alkanes of at least 4 members (excludes halogenated alkanes) is 1. The van der Waals surface area contributed by atoms with E-state index in [0.717, 1.165) is 32.1 Å². The second-order valence-electron chi connectivity index (χ2n) is 5.30. The molecule has 0 aliphatic heterocycles. The molecule has 0 aliphatic rings. The predicted molar refractivity (Wildman–Crippen MR) is 86.1 cm³/mol. The lowest BCUT2D eigenvalue weighted by Crippen LogP contribution is -2.41. The van der Waals surface area contributed by atoms with Gasteiger partial charge in [0.1, 0.15) is 0 Å². The maximum absolute atomic E-state index is 12.3. The van der Waals surface area contributed by atoms with Crippen molar-refractivity contribution in [3.8, 4) is 0 Å². The highest BCUT2D eigenvalue weighted by Crippen LogP contribution is 2.14. The summed E-state index contributed by atoms with van der Waals surface area (Å²) in [6.45, 7) is 4.23. The minimum Gasteiger partial charge on any atom is -0.352 e. The van der Waals surface area contributed by atoms with Crippen LogP contribution in [0.15, 0.2) is 30.3 Å². The molecular formula is C17H26ClNO. The zero-order valence-electron chi connectivity index (χ0n) is 12.6. The van der Waals surface area contributed by atoms with Gasteiger partial charge in [-0.2, -0.15) is 0 Å². The second-order valence-corrected chi connectivity index (χ2v) is 5.61. The maximum Gasteiger partial charge on any atom is 0.223 e.